The average Bonchev–Trinajstić information content (AvgIpc) is 2.83. The average molecular weight is 260 g/mol. The van der Waals surface area contributed by atoms with Crippen LogP contribution in [0.3, 0.4) is 0 Å². The molecule has 1 aliphatic rings. The maximum Gasteiger partial charge on any atom is 0.408 e. The van der Waals surface area contributed by atoms with Crippen molar-refractivity contribution in [2.75, 3.05) is 6.54 Å². The van der Waals surface area contributed by atoms with Crippen molar-refractivity contribution in [3.05, 3.63) is 24.2 Å². The molecule has 2 aromatic heterocycles. The molecule has 0 aliphatic carbocycles. The van der Waals surface area contributed by atoms with Crippen LogP contribution in [0.1, 0.15) is 32.0 Å². The molecule has 1 fully saturated rings. The number of nitrogens with one attached hydrogen (secondary N) is 1. The first kappa shape index (κ1) is 12.0. The summed E-state index contributed by atoms with van der Waals surface area (Å²) in [7, 11) is 0. The van der Waals surface area contributed by atoms with Crippen LogP contribution in [-0.4, -0.2) is 37.6 Å². The van der Waals surface area contributed by atoms with Gasteiger partial charge in [0.25, 0.3) is 0 Å². The maximum absolute atomic E-state index is 11.4. The van der Waals surface area contributed by atoms with E-state index in [1.165, 1.54) is 4.90 Å². The number of rotatable bonds is 1. The van der Waals surface area contributed by atoms with Crippen molar-refractivity contribution in [2.24, 2.45) is 0 Å². The van der Waals surface area contributed by atoms with E-state index in [0.29, 0.717) is 18.0 Å². The van der Waals surface area contributed by atoms with E-state index in [9.17, 15) is 9.90 Å². The van der Waals surface area contributed by atoms with Gasteiger partial charge in [0.15, 0.2) is 5.65 Å². The molecular weight excluding hydrogens is 244 g/mol. The number of amides is 1. The molecule has 0 aromatic carbocycles. The number of piperidine rings is 1. The summed E-state index contributed by atoms with van der Waals surface area (Å²) < 4.78 is 0. The summed E-state index contributed by atoms with van der Waals surface area (Å²) in [5.74, 6) is 0.684. The molecule has 0 radical (unpaired) electrons. The van der Waals surface area contributed by atoms with Gasteiger partial charge in [-0.05, 0) is 38.3 Å². The highest BCUT2D eigenvalue weighted by atomic mass is 16.4. The molecule has 0 spiro atoms. The Hall–Kier alpha value is -2.11. The summed E-state index contributed by atoms with van der Waals surface area (Å²) in [6.07, 6.45) is 3.48. The monoisotopic (exact) mass is 260 g/mol. The number of aromatic amines is 1. The summed E-state index contributed by atoms with van der Waals surface area (Å²) in [6.45, 7) is 2.48. The number of H-pyrrole nitrogens is 1. The predicted octanol–water partition coefficient (Wildman–Crippen LogP) is 2.34. The number of aromatic nitrogens is 3. The molecule has 2 N–H and O–H groups in total. The van der Waals surface area contributed by atoms with Gasteiger partial charge in [-0.15, -0.1) is 0 Å². The van der Waals surface area contributed by atoms with Crippen molar-refractivity contribution >= 4 is 17.3 Å². The maximum atomic E-state index is 11.4. The van der Waals surface area contributed by atoms with Crippen LogP contribution in [0.5, 0.6) is 0 Å². The Bertz CT molecular complexity index is 591. The normalized spacial score (nSPS) is 23.7. The molecule has 19 heavy (non-hydrogen) atoms. The fourth-order valence-electron chi connectivity index (χ4n) is 2.77. The zero-order valence-corrected chi connectivity index (χ0v) is 10.8. The number of nitrogens with zero attached hydrogens (tertiary/aromatic N) is 3. The van der Waals surface area contributed by atoms with Crippen molar-refractivity contribution in [1.82, 2.24) is 19.9 Å². The zero-order chi connectivity index (χ0) is 13.5. The first-order valence-electron chi connectivity index (χ1n) is 6.43. The van der Waals surface area contributed by atoms with E-state index < -0.39 is 11.6 Å². The Morgan fingerprint density at radius 1 is 1.53 bits per heavy atom. The van der Waals surface area contributed by atoms with E-state index in [-0.39, 0.29) is 0 Å². The summed E-state index contributed by atoms with van der Waals surface area (Å²) in [6, 6.07) is 3.73. The van der Waals surface area contributed by atoms with Gasteiger partial charge in [-0.25, -0.2) is 14.8 Å². The van der Waals surface area contributed by atoms with E-state index in [1.54, 1.807) is 6.20 Å². The third-order valence-corrected chi connectivity index (χ3v) is 3.89. The highest BCUT2D eigenvalue weighted by Crippen LogP contribution is 2.36. The van der Waals surface area contributed by atoms with Gasteiger partial charge < -0.3 is 10.1 Å². The highest BCUT2D eigenvalue weighted by molar-refractivity contribution is 5.71. The molecule has 3 heterocycles. The molecule has 2 aromatic rings. The summed E-state index contributed by atoms with van der Waals surface area (Å²) in [4.78, 5) is 24.8. The quantitative estimate of drug-likeness (QED) is 0.824. The van der Waals surface area contributed by atoms with Crippen LogP contribution in [0.15, 0.2) is 18.3 Å². The van der Waals surface area contributed by atoms with Crippen LogP contribution >= 0.6 is 0 Å². The lowest BCUT2D eigenvalue weighted by atomic mass is 9.88. The number of carbonyl (C=O) groups is 1. The number of imidazole rings is 1. The van der Waals surface area contributed by atoms with E-state index in [4.69, 9.17) is 0 Å². The molecule has 3 rings (SSSR count). The van der Waals surface area contributed by atoms with Crippen molar-refractivity contribution in [1.29, 1.82) is 0 Å². The number of hydrogen-bond acceptors (Lipinski definition) is 3. The van der Waals surface area contributed by atoms with Gasteiger partial charge in [0.2, 0.25) is 0 Å². The molecule has 0 bridgehead atoms. The molecule has 1 saturated heterocycles. The fourth-order valence-corrected chi connectivity index (χ4v) is 2.77. The van der Waals surface area contributed by atoms with Gasteiger partial charge >= 0.3 is 6.09 Å². The van der Waals surface area contributed by atoms with Crippen LogP contribution in [0.2, 0.25) is 0 Å². The van der Waals surface area contributed by atoms with Crippen LogP contribution in [-0.2, 0) is 5.54 Å². The van der Waals surface area contributed by atoms with Gasteiger partial charge in [0.1, 0.15) is 11.4 Å². The minimum atomic E-state index is -0.893. The molecule has 1 atom stereocenters. The van der Waals surface area contributed by atoms with Crippen LogP contribution < -0.4 is 0 Å². The Morgan fingerprint density at radius 2 is 2.37 bits per heavy atom. The predicted molar refractivity (Wildman–Crippen MR) is 69.8 cm³/mol. The zero-order valence-electron chi connectivity index (χ0n) is 10.8. The van der Waals surface area contributed by atoms with Gasteiger partial charge in [-0.3, -0.25) is 4.90 Å². The first-order chi connectivity index (χ1) is 9.11. The lowest BCUT2D eigenvalue weighted by Crippen LogP contribution is -2.50. The second kappa shape index (κ2) is 4.22. The van der Waals surface area contributed by atoms with Crippen LogP contribution in [0, 0.1) is 0 Å². The minimum Gasteiger partial charge on any atom is -0.465 e. The molecule has 1 amide bonds. The van der Waals surface area contributed by atoms with E-state index in [1.807, 2.05) is 19.1 Å². The van der Waals surface area contributed by atoms with E-state index in [0.717, 1.165) is 24.8 Å². The molecule has 0 saturated carbocycles. The smallest absolute Gasteiger partial charge is 0.408 e. The summed E-state index contributed by atoms with van der Waals surface area (Å²) in [5, 5.41) is 9.38. The second-order valence-electron chi connectivity index (χ2n) is 5.13. The largest absolute Gasteiger partial charge is 0.465 e. The number of fused-ring (bicyclic) bond motifs is 1. The Morgan fingerprint density at radius 3 is 3.11 bits per heavy atom. The van der Waals surface area contributed by atoms with E-state index >= 15 is 0 Å². The standard InChI is InChI=1S/C13H16N4O2/c1-13(6-2-3-8-17(13)12(18)19)11-15-9-5-4-7-14-10(9)16-11/h4-5,7H,2-3,6,8H2,1H3,(H,18,19)(H,14,15,16). The van der Waals surface area contributed by atoms with Crippen LogP contribution in [0.25, 0.3) is 11.2 Å². The van der Waals surface area contributed by atoms with Crippen molar-refractivity contribution in [3.63, 3.8) is 0 Å². The lowest BCUT2D eigenvalue weighted by Gasteiger charge is -2.41. The topological polar surface area (TPSA) is 82.1 Å². The van der Waals surface area contributed by atoms with E-state index in [2.05, 4.69) is 15.0 Å². The Labute approximate surface area is 110 Å². The summed E-state index contributed by atoms with van der Waals surface area (Å²) >= 11 is 0. The molecular formula is C13H16N4O2. The van der Waals surface area contributed by atoms with Crippen molar-refractivity contribution < 1.29 is 9.90 Å². The number of likely N-dealkylation sites (tertiary alicyclic amines) is 1. The Kier molecular flexibility index (Phi) is 2.66. The van der Waals surface area contributed by atoms with Gasteiger partial charge in [-0.1, -0.05) is 0 Å². The Balaban J connectivity index is 2.08. The molecule has 6 heteroatoms. The highest BCUT2D eigenvalue weighted by Gasteiger charge is 2.41. The SMILES string of the molecule is CC1(c2nc3ncccc3[nH]2)CCCCN1C(=O)O. The van der Waals surface area contributed by atoms with Crippen LogP contribution in [0.4, 0.5) is 4.79 Å². The number of pyridine rings is 1. The van der Waals surface area contributed by atoms with Gasteiger partial charge in [0, 0.05) is 12.7 Å². The summed E-state index contributed by atoms with van der Waals surface area (Å²) in [5.41, 5.74) is 0.884. The van der Waals surface area contributed by atoms with Gasteiger partial charge in [0.05, 0.1) is 5.52 Å². The second-order valence-corrected chi connectivity index (χ2v) is 5.13. The third-order valence-electron chi connectivity index (χ3n) is 3.89. The number of hydrogen-bond donors (Lipinski definition) is 2. The number of carboxylic acid groups (broad SMARTS) is 1. The molecule has 100 valence electrons. The lowest BCUT2D eigenvalue weighted by molar-refractivity contribution is 0.0513. The molecule has 1 aliphatic heterocycles. The molecule has 6 nitrogen and oxygen atoms in total. The molecule has 1 unspecified atom stereocenters. The van der Waals surface area contributed by atoms with Crippen molar-refractivity contribution in [2.45, 2.75) is 31.7 Å². The first-order valence-corrected chi connectivity index (χ1v) is 6.43. The van der Waals surface area contributed by atoms with Crippen molar-refractivity contribution in [3.8, 4) is 0 Å². The third kappa shape index (κ3) is 1.83. The minimum absolute atomic E-state index is 0.552. The van der Waals surface area contributed by atoms with Gasteiger partial charge in [-0.2, -0.15) is 0 Å². The fraction of sp³-hybridized carbons (Fsp3) is 0.462.